The number of rotatable bonds is 6. The fourth-order valence-corrected chi connectivity index (χ4v) is 3.46. The standard InChI is InChI=1S/C19H37N5O2.HI/c1-19(2,24-10-12-26-13-11-24)15-21-18(20-14-17(25)23(3)4)22-16-8-6-5-7-9-16;/h16H,5-15H2,1-4H3,(H2,20,21,22);1H. The van der Waals surface area contributed by atoms with Gasteiger partial charge in [-0.1, -0.05) is 19.3 Å². The van der Waals surface area contributed by atoms with Gasteiger partial charge in [0.2, 0.25) is 5.91 Å². The van der Waals surface area contributed by atoms with Gasteiger partial charge in [-0.05, 0) is 26.7 Å². The minimum absolute atomic E-state index is 0. The Morgan fingerprint density at radius 3 is 2.41 bits per heavy atom. The third-order valence-corrected chi connectivity index (χ3v) is 5.37. The number of nitrogens with zero attached hydrogens (tertiary/aromatic N) is 3. The number of aliphatic imine (C=N–C) groups is 1. The van der Waals surface area contributed by atoms with Crippen molar-refractivity contribution in [1.82, 2.24) is 20.4 Å². The maximum absolute atomic E-state index is 11.9. The zero-order valence-corrected chi connectivity index (χ0v) is 19.8. The van der Waals surface area contributed by atoms with Crippen LogP contribution in [0.15, 0.2) is 4.99 Å². The lowest BCUT2D eigenvalue weighted by Crippen LogP contribution is -2.57. The van der Waals surface area contributed by atoms with E-state index in [4.69, 9.17) is 4.74 Å². The summed E-state index contributed by atoms with van der Waals surface area (Å²) in [4.78, 5) is 20.5. The maximum Gasteiger partial charge on any atom is 0.243 e. The first-order valence-corrected chi connectivity index (χ1v) is 9.96. The van der Waals surface area contributed by atoms with Crippen molar-refractivity contribution in [2.45, 2.75) is 57.5 Å². The fraction of sp³-hybridized carbons (Fsp3) is 0.895. The van der Waals surface area contributed by atoms with Crippen LogP contribution in [0.1, 0.15) is 46.0 Å². The zero-order chi connectivity index (χ0) is 19.0. The molecule has 0 atom stereocenters. The predicted molar refractivity (Wildman–Crippen MR) is 121 cm³/mol. The van der Waals surface area contributed by atoms with Crippen LogP contribution in [0.25, 0.3) is 0 Å². The molecule has 0 unspecified atom stereocenters. The summed E-state index contributed by atoms with van der Waals surface area (Å²) < 4.78 is 5.47. The van der Waals surface area contributed by atoms with E-state index >= 15 is 0 Å². The van der Waals surface area contributed by atoms with Crippen LogP contribution in [0.5, 0.6) is 0 Å². The summed E-state index contributed by atoms with van der Waals surface area (Å²) in [5.74, 6) is 0.774. The van der Waals surface area contributed by atoms with E-state index in [0.29, 0.717) is 6.04 Å². The zero-order valence-electron chi connectivity index (χ0n) is 17.4. The van der Waals surface area contributed by atoms with Gasteiger partial charge >= 0.3 is 0 Å². The predicted octanol–water partition coefficient (Wildman–Crippen LogP) is 1.67. The first-order valence-electron chi connectivity index (χ1n) is 9.96. The lowest BCUT2D eigenvalue weighted by molar-refractivity contribution is -0.127. The summed E-state index contributed by atoms with van der Waals surface area (Å²) in [5, 5.41) is 7.04. The largest absolute Gasteiger partial charge is 0.379 e. The first-order chi connectivity index (χ1) is 12.4. The number of amides is 1. The molecule has 0 aromatic heterocycles. The molecule has 0 aromatic rings. The van der Waals surface area contributed by atoms with Gasteiger partial charge in [0.1, 0.15) is 6.54 Å². The number of carbonyl (C=O) groups excluding carboxylic acids is 1. The second kappa shape index (κ2) is 12.1. The topological polar surface area (TPSA) is 69.2 Å². The van der Waals surface area contributed by atoms with E-state index in [1.807, 2.05) is 0 Å². The number of morpholine rings is 1. The highest BCUT2D eigenvalue weighted by Gasteiger charge is 2.28. The van der Waals surface area contributed by atoms with Crippen molar-refractivity contribution < 1.29 is 9.53 Å². The highest BCUT2D eigenvalue weighted by Crippen LogP contribution is 2.18. The van der Waals surface area contributed by atoms with Gasteiger partial charge in [0, 0.05) is 45.3 Å². The van der Waals surface area contributed by atoms with Crippen molar-refractivity contribution in [3.05, 3.63) is 0 Å². The van der Waals surface area contributed by atoms with Gasteiger partial charge in [-0.3, -0.25) is 9.69 Å². The second-order valence-electron chi connectivity index (χ2n) is 8.20. The van der Waals surface area contributed by atoms with Gasteiger partial charge in [-0.2, -0.15) is 0 Å². The summed E-state index contributed by atoms with van der Waals surface area (Å²) >= 11 is 0. The van der Waals surface area contributed by atoms with Gasteiger partial charge in [0.25, 0.3) is 0 Å². The number of likely N-dealkylation sites (N-methyl/N-ethyl adjacent to an activating group) is 1. The monoisotopic (exact) mass is 495 g/mol. The molecule has 0 spiro atoms. The Labute approximate surface area is 181 Å². The van der Waals surface area contributed by atoms with Gasteiger partial charge in [-0.25, -0.2) is 4.99 Å². The van der Waals surface area contributed by atoms with Crippen molar-refractivity contribution in [1.29, 1.82) is 0 Å². The molecule has 2 fully saturated rings. The van der Waals surface area contributed by atoms with E-state index in [-0.39, 0.29) is 42.0 Å². The van der Waals surface area contributed by atoms with Crippen molar-refractivity contribution >= 4 is 35.8 Å². The van der Waals surface area contributed by atoms with Crippen molar-refractivity contribution in [3.8, 4) is 0 Å². The van der Waals surface area contributed by atoms with E-state index in [1.165, 1.54) is 32.1 Å². The van der Waals surface area contributed by atoms with E-state index in [2.05, 4.69) is 34.4 Å². The number of ether oxygens (including phenoxy) is 1. The average molecular weight is 495 g/mol. The van der Waals surface area contributed by atoms with Gasteiger partial charge < -0.3 is 20.3 Å². The molecule has 1 saturated carbocycles. The van der Waals surface area contributed by atoms with Gasteiger partial charge in [-0.15, -0.1) is 24.0 Å². The molecule has 0 bridgehead atoms. The normalized spacial score (nSPS) is 19.9. The third kappa shape index (κ3) is 8.51. The molecule has 158 valence electrons. The molecule has 0 radical (unpaired) electrons. The van der Waals surface area contributed by atoms with E-state index in [0.717, 1.165) is 38.8 Å². The van der Waals surface area contributed by atoms with Crippen LogP contribution in [0.2, 0.25) is 0 Å². The van der Waals surface area contributed by atoms with Gasteiger partial charge in [0.15, 0.2) is 5.96 Å². The number of carbonyl (C=O) groups is 1. The highest BCUT2D eigenvalue weighted by molar-refractivity contribution is 14.0. The Hall–Kier alpha value is -0.610. The van der Waals surface area contributed by atoms with E-state index in [9.17, 15) is 4.79 Å². The molecule has 8 heteroatoms. The Morgan fingerprint density at radius 2 is 1.81 bits per heavy atom. The minimum Gasteiger partial charge on any atom is -0.379 e. The quantitative estimate of drug-likeness (QED) is 0.334. The molecule has 27 heavy (non-hydrogen) atoms. The second-order valence-corrected chi connectivity index (χ2v) is 8.20. The third-order valence-electron chi connectivity index (χ3n) is 5.37. The number of hydrogen-bond donors (Lipinski definition) is 2. The van der Waals surface area contributed by atoms with Crippen LogP contribution in [-0.2, 0) is 9.53 Å². The molecule has 1 aliphatic carbocycles. The molecule has 2 rings (SSSR count). The Morgan fingerprint density at radius 1 is 1.19 bits per heavy atom. The molecule has 1 saturated heterocycles. The summed E-state index contributed by atoms with van der Waals surface area (Å²) in [6.45, 7) is 8.94. The Balaban J connectivity index is 0.00000364. The van der Waals surface area contributed by atoms with Crippen LogP contribution in [0.4, 0.5) is 0 Å². The van der Waals surface area contributed by atoms with Crippen LogP contribution < -0.4 is 10.6 Å². The molecule has 1 aliphatic heterocycles. The number of halogens is 1. The number of guanidine groups is 1. The number of hydrogen-bond acceptors (Lipinski definition) is 4. The molecule has 1 heterocycles. The minimum atomic E-state index is 0. The van der Waals surface area contributed by atoms with Crippen molar-refractivity contribution in [2.24, 2.45) is 4.99 Å². The Kier molecular flexibility index (Phi) is 10.9. The summed E-state index contributed by atoms with van der Waals surface area (Å²) in [6.07, 6.45) is 6.20. The first kappa shape index (κ1) is 24.4. The molecule has 2 N–H and O–H groups in total. The molecule has 1 amide bonds. The van der Waals surface area contributed by atoms with Crippen LogP contribution in [0.3, 0.4) is 0 Å². The molecular formula is C19H38IN5O2. The fourth-order valence-electron chi connectivity index (χ4n) is 3.46. The molecule has 7 nitrogen and oxygen atoms in total. The van der Waals surface area contributed by atoms with Crippen molar-refractivity contribution in [3.63, 3.8) is 0 Å². The van der Waals surface area contributed by atoms with E-state index in [1.54, 1.807) is 19.0 Å². The smallest absolute Gasteiger partial charge is 0.243 e. The maximum atomic E-state index is 11.9. The lowest BCUT2D eigenvalue weighted by atomic mass is 9.96. The summed E-state index contributed by atoms with van der Waals surface area (Å²) in [6, 6.07) is 0.455. The Bertz CT molecular complexity index is 473. The average Bonchev–Trinajstić information content (AvgIpc) is 2.65. The van der Waals surface area contributed by atoms with E-state index < -0.39 is 0 Å². The summed E-state index contributed by atoms with van der Waals surface area (Å²) in [7, 11) is 3.53. The van der Waals surface area contributed by atoms with Crippen LogP contribution in [0, 0.1) is 0 Å². The summed E-state index contributed by atoms with van der Waals surface area (Å²) in [5.41, 5.74) is 0.00432. The number of nitrogens with one attached hydrogen (secondary N) is 2. The van der Waals surface area contributed by atoms with Crippen molar-refractivity contribution in [2.75, 3.05) is 53.5 Å². The molecule has 2 aliphatic rings. The molecule has 0 aromatic carbocycles. The van der Waals surface area contributed by atoms with Gasteiger partial charge in [0.05, 0.1) is 13.2 Å². The van der Waals surface area contributed by atoms with Crippen LogP contribution >= 0.6 is 24.0 Å². The highest BCUT2D eigenvalue weighted by atomic mass is 127. The lowest BCUT2D eigenvalue weighted by Gasteiger charge is -2.41. The molecular weight excluding hydrogens is 457 g/mol. The van der Waals surface area contributed by atoms with Crippen LogP contribution in [-0.4, -0.2) is 86.7 Å². The SMILES string of the molecule is CN(C)C(=O)CN=C(NCC(C)(C)N1CCOCC1)NC1CCCCC1.I.